The molecule has 0 bridgehead atoms. The summed E-state index contributed by atoms with van der Waals surface area (Å²) in [5.41, 5.74) is 5.45. The molecule has 1 aliphatic rings. The van der Waals surface area contributed by atoms with Crippen LogP contribution < -0.4 is 5.73 Å². The lowest BCUT2D eigenvalue weighted by atomic mass is 9.80. The van der Waals surface area contributed by atoms with E-state index in [4.69, 9.17) is 18.0 Å². The number of carbonyl (C=O) groups excluding carboxylic acids is 1. The molecule has 2 N–H and O–H groups in total. The van der Waals surface area contributed by atoms with Gasteiger partial charge in [-0.1, -0.05) is 25.6 Å². The van der Waals surface area contributed by atoms with Gasteiger partial charge in [-0.15, -0.1) is 0 Å². The molecule has 7 heteroatoms. The molecular formula is C13H21F3N2OS. The molecule has 2 unspecified atom stereocenters. The van der Waals surface area contributed by atoms with Crippen molar-refractivity contribution in [2.24, 2.45) is 17.6 Å². The predicted molar refractivity (Wildman–Crippen MR) is 75.2 cm³/mol. The fourth-order valence-corrected chi connectivity index (χ4v) is 2.85. The highest BCUT2D eigenvalue weighted by Gasteiger charge is 2.44. The summed E-state index contributed by atoms with van der Waals surface area (Å²) in [6.45, 7) is 2.53. The summed E-state index contributed by atoms with van der Waals surface area (Å²) in [6, 6.07) is 0. The van der Waals surface area contributed by atoms with E-state index < -0.39 is 18.0 Å². The molecule has 0 aromatic heterocycles. The van der Waals surface area contributed by atoms with Crippen LogP contribution in [0.2, 0.25) is 0 Å². The highest BCUT2D eigenvalue weighted by Crippen LogP contribution is 2.40. The Hall–Kier alpha value is -0.850. The number of nitrogens with zero attached hydrogens (tertiary/aromatic N) is 1. The monoisotopic (exact) mass is 310 g/mol. The standard InChI is InChI=1S/C13H21F3N2OS/c1-2-6-18(8-11(17)20)12(19)9-4-3-5-10(7-9)13(14,15)16/h9-10H,2-8H2,1H3,(H2,17,20). The van der Waals surface area contributed by atoms with Crippen LogP contribution in [0.15, 0.2) is 0 Å². The van der Waals surface area contributed by atoms with Gasteiger partial charge in [0.2, 0.25) is 5.91 Å². The van der Waals surface area contributed by atoms with Gasteiger partial charge < -0.3 is 10.6 Å². The number of carbonyl (C=O) groups is 1. The topological polar surface area (TPSA) is 46.3 Å². The van der Waals surface area contributed by atoms with Gasteiger partial charge in [-0.2, -0.15) is 13.2 Å². The Bertz CT molecular complexity index is 360. The Balaban J connectivity index is 2.70. The van der Waals surface area contributed by atoms with E-state index in [1.54, 1.807) is 0 Å². The van der Waals surface area contributed by atoms with E-state index in [1.807, 2.05) is 6.92 Å². The summed E-state index contributed by atoms with van der Waals surface area (Å²) >= 11 is 4.79. The number of nitrogens with two attached hydrogens (primary N) is 1. The first kappa shape index (κ1) is 17.2. The van der Waals surface area contributed by atoms with Crippen molar-refractivity contribution in [1.82, 2.24) is 4.90 Å². The molecule has 3 nitrogen and oxygen atoms in total. The molecule has 1 aliphatic carbocycles. The van der Waals surface area contributed by atoms with Crippen molar-refractivity contribution in [3.63, 3.8) is 0 Å². The van der Waals surface area contributed by atoms with Gasteiger partial charge in [0.15, 0.2) is 0 Å². The van der Waals surface area contributed by atoms with E-state index in [2.05, 4.69) is 0 Å². The second-order valence-corrected chi connectivity index (χ2v) is 5.85. The number of halogens is 3. The summed E-state index contributed by atoms with van der Waals surface area (Å²) in [4.78, 5) is 14.0. The first-order valence-electron chi connectivity index (χ1n) is 6.89. The number of thiocarbonyl (C=S) groups is 1. The van der Waals surface area contributed by atoms with Crippen LogP contribution in [0.5, 0.6) is 0 Å². The van der Waals surface area contributed by atoms with E-state index in [0.29, 0.717) is 19.4 Å². The third-order valence-corrected chi connectivity index (χ3v) is 3.77. The molecule has 116 valence electrons. The Labute approximate surface area is 122 Å². The van der Waals surface area contributed by atoms with Crippen LogP contribution in [0.3, 0.4) is 0 Å². The van der Waals surface area contributed by atoms with Gasteiger partial charge in [0, 0.05) is 12.5 Å². The summed E-state index contributed by atoms with van der Waals surface area (Å²) < 4.78 is 38.3. The van der Waals surface area contributed by atoms with Gasteiger partial charge in [-0.3, -0.25) is 4.79 Å². The molecule has 0 aromatic rings. The Morgan fingerprint density at radius 2 is 2.05 bits per heavy atom. The number of alkyl halides is 3. The van der Waals surface area contributed by atoms with Gasteiger partial charge in [0.25, 0.3) is 0 Å². The van der Waals surface area contributed by atoms with Crippen molar-refractivity contribution in [1.29, 1.82) is 0 Å². The smallest absolute Gasteiger partial charge is 0.391 e. The first-order valence-corrected chi connectivity index (χ1v) is 7.30. The van der Waals surface area contributed by atoms with Crippen LogP contribution in [-0.4, -0.2) is 35.1 Å². The van der Waals surface area contributed by atoms with E-state index in [1.165, 1.54) is 4.90 Å². The van der Waals surface area contributed by atoms with Gasteiger partial charge in [-0.05, 0) is 25.7 Å². The number of rotatable bonds is 5. The first-order chi connectivity index (χ1) is 9.25. The molecule has 0 radical (unpaired) electrons. The maximum absolute atomic E-state index is 12.8. The van der Waals surface area contributed by atoms with Crippen molar-refractivity contribution < 1.29 is 18.0 Å². The van der Waals surface area contributed by atoms with Crippen LogP contribution in [0, 0.1) is 11.8 Å². The molecule has 0 spiro atoms. The average molecular weight is 310 g/mol. The molecule has 20 heavy (non-hydrogen) atoms. The summed E-state index contributed by atoms with van der Waals surface area (Å²) in [5.74, 6) is -2.16. The number of hydrogen-bond acceptors (Lipinski definition) is 2. The zero-order valence-corrected chi connectivity index (χ0v) is 12.4. The lowest BCUT2D eigenvalue weighted by Crippen LogP contribution is -2.43. The van der Waals surface area contributed by atoms with Crippen LogP contribution in [0.4, 0.5) is 13.2 Å². The molecule has 0 saturated heterocycles. The molecule has 1 saturated carbocycles. The highest BCUT2D eigenvalue weighted by atomic mass is 32.1. The van der Waals surface area contributed by atoms with E-state index >= 15 is 0 Å². The molecule has 2 atom stereocenters. The van der Waals surface area contributed by atoms with E-state index in [-0.39, 0.29) is 30.3 Å². The third-order valence-electron chi connectivity index (χ3n) is 3.64. The zero-order valence-electron chi connectivity index (χ0n) is 11.6. The molecule has 1 rings (SSSR count). The zero-order chi connectivity index (χ0) is 15.3. The Morgan fingerprint density at radius 3 is 2.55 bits per heavy atom. The molecule has 0 aliphatic heterocycles. The van der Waals surface area contributed by atoms with Gasteiger partial charge in [0.05, 0.1) is 17.5 Å². The largest absolute Gasteiger partial charge is 0.392 e. The Kier molecular flexibility index (Phi) is 6.23. The summed E-state index contributed by atoms with van der Waals surface area (Å²) in [7, 11) is 0. The lowest BCUT2D eigenvalue weighted by Gasteiger charge is -2.33. The molecule has 1 amide bonds. The van der Waals surface area contributed by atoms with Crippen LogP contribution in [-0.2, 0) is 4.79 Å². The third kappa shape index (κ3) is 4.92. The van der Waals surface area contributed by atoms with Crippen LogP contribution in [0.25, 0.3) is 0 Å². The minimum Gasteiger partial charge on any atom is -0.392 e. The number of hydrogen-bond donors (Lipinski definition) is 1. The second kappa shape index (κ2) is 7.24. The predicted octanol–water partition coefficient (Wildman–Crippen LogP) is 2.88. The highest BCUT2D eigenvalue weighted by molar-refractivity contribution is 7.80. The van der Waals surface area contributed by atoms with E-state index in [9.17, 15) is 18.0 Å². The minimum atomic E-state index is -4.21. The fourth-order valence-electron chi connectivity index (χ4n) is 2.69. The quantitative estimate of drug-likeness (QED) is 0.794. The van der Waals surface area contributed by atoms with Crippen molar-refractivity contribution in [3.05, 3.63) is 0 Å². The van der Waals surface area contributed by atoms with Crippen molar-refractivity contribution in [2.75, 3.05) is 13.1 Å². The van der Waals surface area contributed by atoms with Crippen molar-refractivity contribution >= 4 is 23.1 Å². The maximum Gasteiger partial charge on any atom is 0.391 e. The minimum absolute atomic E-state index is 0.111. The van der Waals surface area contributed by atoms with E-state index in [0.717, 1.165) is 6.42 Å². The normalized spacial score (nSPS) is 23.4. The van der Waals surface area contributed by atoms with Crippen molar-refractivity contribution in [2.45, 2.75) is 45.2 Å². The molecule has 0 heterocycles. The maximum atomic E-state index is 12.8. The fraction of sp³-hybridized carbons (Fsp3) is 0.846. The van der Waals surface area contributed by atoms with Crippen LogP contribution >= 0.6 is 12.2 Å². The average Bonchev–Trinajstić information content (AvgIpc) is 2.36. The van der Waals surface area contributed by atoms with Gasteiger partial charge in [0.1, 0.15) is 0 Å². The summed E-state index contributed by atoms with van der Waals surface area (Å²) in [5, 5.41) is 0. The molecule has 0 aromatic carbocycles. The SMILES string of the molecule is CCCN(CC(N)=S)C(=O)C1CCCC(C(F)(F)F)C1. The Morgan fingerprint density at radius 1 is 1.40 bits per heavy atom. The number of amides is 1. The second-order valence-electron chi connectivity index (χ2n) is 5.33. The van der Waals surface area contributed by atoms with Gasteiger partial charge in [-0.25, -0.2) is 0 Å². The molecular weight excluding hydrogens is 289 g/mol. The molecule has 1 fully saturated rings. The van der Waals surface area contributed by atoms with Crippen LogP contribution in [0.1, 0.15) is 39.0 Å². The van der Waals surface area contributed by atoms with Gasteiger partial charge >= 0.3 is 6.18 Å². The lowest BCUT2D eigenvalue weighted by molar-refractivity contribution is -0.187. The van der Waals surface area contributed by atoms with Crippen molar-refractivity contribution in [3.8, 4) is 0 Å². The summed E-state index contributed by atoms with van der Waals surface area (Å²) in [6.07, 6.45) is -2.52.